The number of anilines is 1. The molecule has 0 atom stereocenters. The van der Waals surface area contributed by atoms with Crippen LogP contribution in [0.5, 0.6) is 0 Å². The van der Waals surface area contributed by atoms with E-state index in [1.165, 1.54) is 17.7 Å². The molecule has 0 saturated heterocycles. The molecule has 1 fully saturated rings. The Kier molecular flexibility index (Phi) is 5.01. The van der Waals surface area contributed by atoms with Crippen molar-refractivity contribution >= 4 is 34.7 Å². The predicted molar refractivity (Wildman–Crippen MR) is 92.6 cm³/mol. The highest BCUT2D eigenvalue weighted by molar-refractivity contribution is 7.09. The van der Waals surface area contributed by atoms with Crippen LogP contribution in [0.25, 0.3) is 0 Å². The van der Waals surface area contributed by atoms with Crippen molar-refractivity contribution < 1.29 is 4.79 Å². The number of carbonyl (C=O) groups is 1. The van der Waals surface area contributed by atoms with Gasteiger partial charge in [0.05, 0.1) is 17.3 Å². The molecule has 3 rings (SSSR count). The van der Waals surface area contributed by atoms with E-state index in [4.69, 9.17) is 11.6 Å². The first-order valence-electron chi connectivity index (χ1n) is 7.58. The number of nitrogens with one attached hydrogen (secondary N) is 1. The second kappa shape index (κ2) is 7.16. The molecule has 0 radical (unpaired) electrons. The topological polar surface area (TPSA) is 32.3 Å². The maximum Gasteiger partial charge on any atom is 0.322 e. The minimum absolute atomic E-state index is 0.0617. The molecule has 0 spiro atoms. The first-order chi connectivity index (χ1) is 10.7. The minimum Gasteiger partial charge on any atom is -0.316 e. The van der Waals surface area contributed by atoms with E-state index < -0.39 is 0 Å². The fourth-order valence-corrected chi connectivity index (χ4v) is 3.79. The smallest absolute Gasteiger partial charge is 0.316 e. The van der Waals surface area contributed by atoms with Gasteiger partial charge in [-0.1, -0.05) is 42.6 Å². The van der Waals surface area contributed by atoms with E-state index in [1.54, 1.807) is 17.4 Å². The highest BCUT2D eigenvalue weighted by atomic mass is 35.5. The average molecular weight is 335 g/mol. The molecule has 2 aromatic rings. The summed E-state index contributed by atoms with van der Waals surface area (Å²) in [6, 6.07) is 11.7. The van der Waals surface area contributed by atoms with Crippen LogP contribution in [0.2, 0.25) is 5.02 Å². The second-order valence-corrected chi connectivity index (χ2v) is 6.99. The number of urea groups is 1. The molecule has 1 saturated carbocycles. The summed E-state index contributed by atoms with van der Waals surface area (Å²) in [7, 11) is 0. The molecule has 1 aromatic heterocycles. The number of nitrogens with zero attached hydrogens (tertiary/aromatic N) is 1. The Balaban J connectivity index is 1.75. The van der Waals surface area contributed by atoms with E-state index in [0.717, 1.165) is 12.8 Å². The summed E-state index contributed by atoms with van der Waals surface area (Å²) in [6.07, 6.45) is 4.57. The van der Waals surface area contributed by atoms with Crippen molar-refractivity contribution in [2.75, 3.05) is 5.32 Å². The van der Waals surface area contributed by atoms with Crippen LogP contribution in [0.3, 0.4) is 0 Å². The number of thiophene rings is 1. The maximum absolute atomic E-state index is 12.7. The molecular weight excluding hydrogens is 316 g/mol. The highest BCUT2D eigenvalue weighted by Crippen LogP contribution is 2.28. The molecule has 5 heteroatoms. The van der Waals surface area contributed by atoms with E-state index >= 15 is 0 Å². The molecule has 1 N–H and O–H groups in total. The Morgan fingerprint density at radius 2 is 2.00 bits per heavy atom. The molecule has 0 unspecified atom stereocenters. The van der Waals surface area contributed by atoms with Gasteiger partial charge in [-0.15, -0.1) is 11.3 Å². The maximum atomic E-state index is 12.7. The molecule has 0 bridgehead atoms. The van der Waals surface area contributed by atoms with E-state index in [9.17, 15) is 4.79 Å². The van der Waals surface area contributed by atoms with Crippen LogP contribution in [0, 0.1) is 0 Å². The number of benzene rings is 1. The number of halogens is 1. The lowest BCUT2D eigenvalue weighted by Crippen LogP contribution is -2.41. The number of para-hydroxylation sites is 1. The number of hydrogen-bond acceptors (Lipinski definition) is 2. The monoisotopic (exact) mass is 334 g/mol. The first-order valence-corrected chi connectivity index (χ1v) is 8.84. The number of carbonyl (C=O) groups excluding carboxylic acids is 1. The molecule has 1 heterocycles. The van der Waals surface area contributed by atoms with Gasteiger partial charge in [0.15, 0.2) is 0 Å². The van der Waals surface area contributed by atoms with E-state index in [-0.39, 0.29) is 6.03 Å². The highest BCUT2D eigenvalue weighted by Gasteiger charge is 2.27. The zero-order valence-electron chi connectivity index (χ0n) is 12.3. The van der Waals surface area contributed by atoms with Crippen LogP contribution in [-0.2, 0) is 6.54 Å². The summed E-state index contributed by atoms with van der Waals surface area (Å²) in [5.74, 6) is 0. The lowest BCUT2D eigenvalue weighted by atomic mass is 10.2. The Morgan fingerprint density at radius 3 is 2.68 bits per heavy atom. The summed E-state index contributed by atoms with van der Waals surface area (Å²) in [4.78, 5) is 15.9. The van der Waals surface area contributed by atoms with Crippen molar-refractivity contribution in [1.82, 2.24) is 4.90 Å². The van der Waals surface area contributed by atoms with Gasteiger partial charge in [0.2, 0.25) is 0 Å². The SMILES string of the molecule is O=C(Nc1ccccc1Cl)N(Cc1cccs1)C1CCCC1. The molecule has 1 aromatic carbocycles. The van der Waals surface area contributed by atoms with Gasteiger partial charge in [-0.25, -0.2) is 4.79 Å². The summed E-state index contributed by atoms with van der Waals surface area (Å²) in [6.45, 7) is 0.665. The van der Waals surface area contributed by atoms with Crippen molar-refractivity contribution in [2.24, 2.45) is 0 Å². The van der Waals surface area contributed by atoms with Gasteiger partial charge in [0, 0.05) is 10.9 Å². The van der Waals surface area contributed by atoms with Crippen molar-refractivity contribution in [2.45, 2.75) is 38.3 Å². The summed E-state index contributed by atoms with van der Waals surface area (Å²) >= 11 is 7.83. The second-order valence-electron chi connectivity index (χ2n) is 5.56. The largest absolute Gasteiger partial charge is 0.322 e. The van der Waals surface area contributed by atoms with Gasteiger partial charge in [0.1, 0.15) is 0 Å². The Morgan fingerprint density at radius 1 is 1.23 bits per heavy atom. The number of hydrogen-bond donors (Lipinski definition) is 1. The molecule has 22 heavy (non-hydrogen) atoms. The van der Waals surface area contributed by atoms with Gasteiger partial charge in [-0.2, -0.15) is 0 Å². The van der Waals surface area contributed by atoms with Crippen molar-refractivity contribution in [3.05, 3.63) is 51.7 Å². The van der Waals surface area contributed by atoms with Crippen LogP contribution >= 0.6 is 22.9 Å². The Hall–Kier alpha value is -1.52. The third kappa shape index (κ3) is 3.62. The molecule has 0 aliphatic heterocycles. The van der Waals surface area contributed by atoms with Crippen LogP contribution in [-0.4, -0.2) is 17.0 Å². The van der Waals surface area contributed by atoms with Crippen LogP contribution in [0.4, 0.5) is 10.5 Å². The summed E-state index contributed by atoms with van der Waals surface area (Å²) in [5, 5.41) is 5.58. The first kappa shape index (κ1) is 15.4. The normalized spacial score (nSPS) is 15.0. The van der Waals surface area contributed by atoms with Gasteiger partial charge in [0.25, 0.3) is 0 Å². The standard InChI is InChI=1S/C17H19ClN2OS/c18-15-9-3-4-10-16(15)19-17(21)20(13-6-1-2-7-13)12-14-8-5-11-22-14/h3-5,8-11,13H,1-2,6-7,12H2,(H,19,21). The zero-order valence-corrected chi connectivity index (χ0v) is 13.9. The molecular formula is C17H19ClN2OS. The molecule has 3 nitrogen and oxygen atoms in total. The van der Waals surface area contributed by atoms with Crippen molar-refractivity contribution in [3.63, 3.8) is 0 Å². The van der Waals surface area contributed by atoms with Crippen LogP contribution < -0.4 is 5.32 Å². The summed E-state index contributed by atoms with van der Waals surface area (Å²) in [5.41, 5.74) is 0.670. The quantitative estimate of drug-likeness (QED) is 0.800. The Bertz CT molecular complexity index is 623. The molecule has 1 aliphatic rings. The lowest BCUT2D eigenvalue weighted by Gasteiger charge is -2.29. The van der Waals surface area contributed by atoms with Gasteiger partial charge >= 0.3 is 6.03 Å². The van der Waals surface area contributed by atoms with Crippen molar-refractivity contribution in [3.8, 4) is 0 Å². The van der Waals surface area contributed by atoms with Gasteiger partial charge < -0.3 is 10.2 Å². The average Bonchev–Trinajstić information content (AvgIpc) is 3.20. The van der Waals surface area contributed by atoms with Crippen LogP contribution in [0.1, 0.15) is 30.6 Å². The van der Waals surface area contributed by atoms with E-state index in [0.29, 0.717) is 23.3 Å². The Labute approximate surface area is 139 Å². The van der Waals surface area contributed by atoms with Crippen LogP contribution in [0.15, 0.2) is 41.8 Å². The fourth-order valence-electron chi connectivity index (χ4n) is 2.90. The summed E-state index contributed by atoms with van der Waals surface area (Å²) < 4.78 is 0. The van der Waals surface area contributed by atoms with Crippen molar-refractivity contribution in [1.29, 1.82) is 0 Å². The fraction of sp³-hybridized carbons (Fsp3) is 0.353. The predicted octanol–water partition coefficient (Wildman–Crippen LogP) is 5.38. The van der Waals surface area contributed by atoms with Gasteiger partial charge in [-0.05, 0) is 36.4 Å². The lowest BCUT2D eigenvalue weighted by molar-refractivity contribution is 0.185. The minimum atomic E-state index is -0.0617. The third-order valence-electron chi connectivity index (χ3n) is 4.05. The zero-order chi connectivity index (χ0) is 15.4. The molecule has 2 amide bonds. The third-order valence-corrected chi connectivity index (χ3v) is 5.24. The van der Waals surface area contributed by atoms with Gasteiger partial charge in [-0.3, -0.25) is 0 Å². The number of amides is 2. The van der Waals surface area contributed by atoms with E-state index in [1.807, 2.05) is 34.5 Å². The molecule has 116 valence electrons. The van der Waals surface area contributed by atoms with E-state index in [2.05, 4.69) is 11.4 Å². The molecule has 1 aliphatic carbocycles. The number of rotatable bonds is 4.